The van der Waals surface area contributed by atoms with Crippen molar-refractivity contribution in [3.8, 4) is 0 Å². The predicted octanol–water partition coefficient (Wildman–Crippen LogP) is 2.85. The van der Waals surface area contributed by atoms with Crippen molar-refractivity contribution in [2.24, 2.45) is 17.6 Å². The Morgan fingerprint density at radius 3 is 2.62 bits per heavy atom. The fourth-order valence-corrected chi connectivity index (χ4v) is 3.30. The van der Waals surface area contributed by atoms with Gasteiger partial charge >= 0.3 is 0 Å². The van der Waals surface area contributed by atoms with Crippen LogP contribution in [0.5, 0.6) is 0 Å². The van der Waals surface area contributed by atoms with Crippen LogP contribution in [0.15, 0.2) is 4.42 Å². The van der Waals surface area contributed by atoms with E-state index in [1.165, 1.54) is 0 Å². The average Bonchev–Trinajstić information content (AvgIpc) is 3.16. The number of piperidine rings is 1. The van der Waals surface area contributed by atoms with E-state index >= 15 is 0 Å². The van der Waals surface area contributed by atoms with Gasteiger partial charge in [-0.3, -0.25) is 4.79 Å². The minimum atomic E-state index is -0.258. The summed E-state index contributed by atoms with van der Waals surface area (Å²) in [6.45, 7) is 8.14. The number of rotatable bonds is 10. The lowest BCUT2D eigenvalue weighted by Crippen LogP contribution is -2.41. The zero-order valence-corrected chi connectivity index (χ0v) is 16.5. The van der Waals surface area contributed by atoms with Gasteiger partial charge in [0.2, 0.25) is 17.7 Å². The van der Waals surface area contributed by atoms with Crippen LogP contribution < -0.4 is 16.4 Å². The first-order valence-electron chi connectivity index (χ1n) is 10.2. The second-order valence-corrected chi connectivity index (χ2v) is 7.48. The minimum Gasteiger partial charge on any atom is -0.421 e. The number of amides is 1. The summed E-state index contributed by atoms with van der Waals surface area (Å²) in [6, 6.07) is -0.494. The Labute approximate surface area is 156 Å². The molecule has 7 heteroatoms. The van der Waals surface area contributed by atoms with Crippen molar-refractivity contribution in [2.75, 3.05) is 13.1 Å². The molecule has 0 spiro atoms. The molecule has 2 heterocycles. The van der Waals surface area contributed by atoms with Crippen LogP contribution in [0.3, 0.4) is 0 Å². The number of unbranched alkanes of at least 4 members (excludes halogenated alkanes) is 2. The van der Waals surface area contributed by atoms with Gasteiger partial charge in [0, 0.05) is 5.92 Å². The number of hydrogen-bond donors (Lipinski definition) is 3. The van der Waals surface area contributed by atoms with E-state index in [0.717, 1.165) is 58.0 Å². The highest BCUT2D eigenvalue weighted by Gasteiger charge is 2.30. The first-order valence-corrected chi connectivity index (χ1v) is 10.2. The van der Waals surface area contributed by atoms with Crippen molar-refractivity contribution >= 4 is 5.91 Å². The number of hydrogen-bond acceptors (Lipinski definition) is 6. The first-order chi connectivity index (χ1) is 12.6. The number of nitrogens with zero attached hydrogens (tertiary/aromatic N) is 2. The molecule has 26 heavy (non-hydrogen) atoms. The van der Waals surface area contributed by atoms with Crippen molar-refractivity contribution in [2.45, 2.75) is 77.8 Å². The van der Waals surface area contributed by atoms with Gasteiger partial charge in [0.15, 0.2) is 0 Å². The molecule has 0 aromatic carbocycles. The highest BCUT2D eigenvalue weighted by molar-refractivity contribution is 5.79. The van der Waals surface area contributed by atoms with E-state index in [2.05, 4.69) is 41.6 Å². The Bertz CT molecular complexity index is 542. The van der Waals surface area contributed by atoms with Crippen LogP contribution in [0.25, 0.3) is 0 Å². The molecule has 1 amide bonds. The third-order valence-electron chi connectivity index (χ3n) is 5.38. The highest BCUT2D eigenvalue weighted by Crippen LogP contribution is 2.27. The fourth-order valence-electron chi connectivity index (χ4n) is 3.30. The monoisotopic (exact) mass is 365 g/mol. The van der Waals surface area contributed by atoms with Crippen LogP contribution in [-0.2, 0) is 4.79 Å². The number of nitrogens with two attached hydrogens (primary N) is 1. The maximum absolute atomic E-state index is 12.7. The molecule has 4 N–H and O–H groups in total. The van der Waals surface area contributed by atoms with Crippen LogP contribution in [0, 0.1) is 11.8 Å². The summed E-state index contributed by atoms with van der Waals surface area (Å²) < 4.78 is 5.88. The van der Waals surface area contributed by atoms with E-state index in [-0.39, 0.29) is 29.8 Å². The Morgan fingerprint density at radius 1 is 1.27 bits per heavy atom. The van der Waals surface area contributed by atoms with E-state index in [4.69, 9.17) is 10.2 Å². The minimum absolute atomic E-state index is 0.0569. The molecule has 1 aliphatic heterocycles. The van der Waals surface area contributed by atoms with Gasteiger partial charge in [0.05, 0.1) is 6.04 Å². The molecule has 0 aliphatic carbocycles. The lowest BCUT2D eigenvalue weighted by Gasteiger charge is -2.26. The standard InChI is InChI=1S/C19H35N5O2/c1-4-6-7-8-15(20)18-23-24-19(26-18)16(13(3)5-2)22-17(25)14-9-11-21-12-10-14/h13-16,21H,4-12,20H2,1-3H3,(H,22,25)/t13-,15-,16-/m0/s1. The molecule has 1 aromatic heterocycles. The summed E-state index contributed by atoms with van der Waals surface area (Å²) in [5.74, 6) is 1.30. The number of carbonyl (C=O) groups is 1. The molecule has 1 fully saturated rings. The highest BCUT2D eigenvalue weighted by atomic mass is 16.4. The van der Waals surface area contributed by atoms with Gasteiger partial charge in [0.1, 0.15) is 6.04 Å². The largest absolute Gasteiger partial charge is 0.421 e. The van der Waals surface area contributed by atoms with Gasteiger partial charge in [-0.1, -0.05) is 46.5 Å². The molecule has 1 aromatic rings. The van der Waals surface area contributed by atoms with Gasteiger partial charge < -0.3 is 20.8 Å². The summed E-state index contributed by atoms with van der Waals surface area (Å²) in [7, 11) is 0. The lowest BCUT2D eigenvalue weighted by molar-refractivity contribution is -0.127. The molecule has 1 saturated heterocycles. The molecule has 148 valence electrons. The van der Waals surface area contributed by atoms with Gasteiger partial charge in [-0.15, -0.1) is 10.2 Å². The van der Waals surface area contributed by atoms with Crippen molar-refractivity contribution in [1.29, 1.82) is 0 Å². The van der Waals surface area contributed by atoms with E-state index in [1.807, 2.05) is 0 Å². The number of nitrogens with one attached hydrogen (secondary N) is 2. The Kier molecular flexibility index (Phi) is 8.51. The summed E-state index contributed by atoms with van der Waals surface area (Å²) in [4.78, 5) is 12.7. The summed E-state index contributed by atoms with van der Waals surface area (Å²) >= 11 is 0. The Hall–Kier alpha value is -1.47. The molecule has 0 unspecified atom stereocenters. The SMILES string of the molecule is CCCCC[C@H](N)c1nnc([C@@H](NC(=O)C2CCNCC2)[C@@H](C)CC)o1. The van der Waals surface area contributed by atoms with E-state index in [9.17, 15) is 4.79 Å². The first kappa shape index (κ1) is 20.8. The van der Waals surface area contributed by atoms with Crippen molar-refractivity contribution in [3.63, 3.8) is 0 Å². The van der Waals surface area contributed by atoms with Crippen LogP contribution in [0.2, 0.25) is 0 Å². The molecular weight excluding hydrogens is 330 g/mol. The molecular formula is C19H35N5O2. The fraction of sp³-hybridized carbons (Fsp3) is 0.842. The average molecular weight is 366 g/mol. The van der Waals surface area contributed by atoms with Gasteiger partial charge in [-0.25, -0.2) is 0 Å². The Balaban J connectivity index is 2.03. The van der Waals surface area contributed by atoms with E-state index < -0.39 is 0 Å². The lowest BCUT2D eigenvalue weighted by atomic mass is 9.94. The molecule has 2 rings (SSSR count). The van der Waals surface area contributed by atoms with Crippen LogP contribution in [0.1, 0.15) is 89.6 Å². The van der Waals surface area contributed by atoms with Gasteiger partial charge in [-0.2, -0.15) is 0 Å². The second kappa shape index (κ2) is 10.6. The summed E-state index contributed by atoms with van der Waals surface area (Å²) in [5, 5.41) is 14.8. The van der Waals surface area contributed by atoms with Crippen molar-refractivity contribution in [3.05, 3.63) is 11.8 Å². The second-order valence-electron chi connectivity index (χ2n) is 7.48. The third-order valence-corrected chi connectivity index (χ3v) is 5.38. The van der Waals surface area contributed by atoms with Gasteiger partial charge in [-0.05, 0) is 38.3 Å². The van der Waals surface area contributed by atoms with Crippen LogP contribution in [0.4, 0.5) is 0 Å². The maximum Gasteiger partial charge on any atom is 0.239 e. The topological polar surface area (TPSA) is 106 Å². The molecule has 0 saturated carbocycles. The smallest absolute Gasteiger partial charge is 0.239 e. The summed E-state index contributed by atoms with van der Waals surface area (Å²) in [6.07, 6.45) is 6.85. The molecule has 0 bridgehead atoms. The molecule has 0 radical (unpaired) electrons. The third kappa shape index (κ3) is 5.77. The van der Waals surface area contributed by atoms with E-state index in [0.29, 0.717) is 11.8 Å². The zero-order chi connectivity index (χ0) is 18.9. The Morgan fingerprint density at radius 2 is 1.96 bits per heavy atom. The molecule has 1 aliphatic rings. The maximum atomic E-state index is 12.7. The van der Waals surface area contributed by atoms with Crippen molar-refractivity contribution in [1.82, 2.24) is 20.8 Å². The number of carbonyl (C=O) groups excluding carboxylic acids is 1. The zero-order valence-electron chi connectivity index (χ0n) is 16.5. The predicted molar refractivity (Wildman–Crippen MR) is 101 cm³/mol. The van der Waals surface area contributed by atoms with Crippen molar-refractivity contribution < 1.29 is 9.21 Å². The summed E-state index contributed by atoms with van der Waals surface area (Å²) in [5.41, 5.74) is 6.19. The van der Waals surface area contributed by atoms with Gasteiger partial charge in [0.25, 0.3) is 0 Å². The quantitative estimate of drug-likeness (QED) is 0.551. The van der Waals surface area contributed by atoms with Crippen LogP contribution in [-0.4, -0.2) is 29.2 Å². The molecule has 7 nitrogen and oxygen atoms in total. The normalized spacial score (nSPS) is 19.1. The number of aromatic nitrogens is 2. The van der Waals surface area contributed by atoms with E-state index in [1.54, 1.807) is 0 Å². The molecule has 3 atom stereocenters. The van der Waals surface area contributed by atoms with Crippen LogP contribution >= 0.6 is 0 Å².